The van der Waals surface area contributed by atoms with Gasteiger partial charge in [0.15, 0.2) is 0 Å². The Balaban J connectivity index is 2.96. The van der Waals surface area contributed by atoms with Crippen LogP contribution in [0.3, 0.4) is 0 Å². The van der Waals surface area contributed by atoms with Gasteiger partial charge in [0.2, 0.25) is 6.29 Å². The van der Waals surface area contributed by atoms with Gasteiger partial charge in [-0.15, -0.1) is 0 Å². The number of hydrogen-bond acceptors (Lipinski definition) is 3. The van der Waals surface area contributed by atoms with Gasteiger partial charge in [-0.1, -0.05) is 22.0 Å². The molecule has 1 aromatic rings. The average molecular weight is 246 g/mol. The first kappa shape index (κ1) is 10.6. The minimum absolute atomic E-state index is 0.381. The quantitative estimate of drug-likeness (QED) is 0.603. The maximum Gasteiger partial charge on any atom is 0.200 e. The molecule has 4 heteroatoms. The third-order valence-electron chi connectivity index (χ3n) is 1.72. The van der Waals surface area contributed by atoms with Crippen LogP contribution in [0.1, 0.15) is 17.5 Å². The fourth-order valence-electron chi connectivity index (χ4n) is 1.10. The normalized spacial score (nSPS) is 10.8. The van der Waals surface area contributed by atoms with E-state index in [0.29, 0.717) is 0 Å². The third kappa shape index (κ3) is 2.49. The van der Waals surface area contributed by atoms with Crippen LogP contribution in [-0.2, 0) is 14.8 Å². The van der Waals surface area contributed by atoms with Gasteiger partial charge in [-0.25, -0.2) is 0 Å². The van der Waals surface area contributed by atoms with Gasteiger partial charge in [0, 0.05) is 25.7 Å². The number of hydrogen-bond donors (Lipinski definition) is 0. The van der Waals surface area contributed by atoms with Crippen molar-refractivity contribution in [2.45, 2.75) is 11.6 Å². The van der Waals surface area contributed by atoms with E-state index >= 15 is 0 Å². The van der Waals surface area contributed by atoms with Crippen LogP contribution in [0.2, 0.25) is 0 Å². The van der Waals surface area contributed by atoms with Crippen LogP contribution in [0.5, 0.6) is 0 Å². The van der Waals surface area contributed by atoms with Crippen LogP contribution in [-0.4, -0.2) is 19.2 Å². The molecule has 0 bridgehead atoms. The molecule has 0 saturated heterocycles. The number of ether oxygens (including phenoxy) is 2. The lowest BCUT2D eigenvalue weighted by Gasteiger charge is -2.14. The number of aromatic nitrogens is 1. The number of rotatable bonds is 4. The zero-order chi connectivity index (χ0) is 9.68. The number of methoxy groups -OCH3 is 2. The minimum atomic E-state index is -0.381. The highest BCUT2D eigenvalue weighted by molar-refractivity contribution is 9.08. The molecule has 0 atom stereocenters. The van der Waals surface area contributed by atoms with Crippen LogP contribution < -0.4 is 0 Å². The summed E-state index contributed by atoms with van der Waals surface area (Å²) in [4.78, 5) is 4.21. The number of nitrogens with zero attached hydrogens (tertiary/aromatic N) is 1. The van der Waals surface area contributed by atoms with Gasteiger partial charge in [0.25, 0.3) is 0 Å². The van der Waals surface area contributed by atoms with Crippen molar-refractivity contribution in [3.05, 3.63) is 29.6 Å². The van der Waals surface area contributed by atoms with Crippen molar-refractivity contribution in [3.63, 3.8) is 0 Å². The van der Waals surface area contributed by atoms with E-state index in [2.05, 4.69) is 20.9 Å². The van der Waals surface area contributed by atoms with E-state index in [1.807, 2.05) is 12.1 Å². The van der Waals surface area contributed by atoms with Crippen molar-refractivity contribution in [1.29, 1.82) is 0 Å². The number of alkyl halides is 1. The van der Waals surface area contributed by atoms with Gasteiger partial charge in [0.05, 0.1) is 0 Å². The molecule has 1 aromatic heterocycles. The highest BCUT2D eigenvalue weighted by Gasteiger charge is 2.13. The molecule has 0 aliphatic carbocycles. The molecule has 0 N–H and O–H groups in total. The zero-order valence-electron chi connectivity index (χ0n) is 7.66. The summed E-state index contributed by atoms with van der Waals surface area (Å²) in [6.07, 6.45) is 1.35. The van der Waals surface area contributed by atoms with Crippen molar-refractivity contribution >= 4 is 15.9 Å². The summed E-state index contributed by atoms with van der Waals surface area (Å²) in [6, 6.07) is 3.88. The van der Waals surface area contributed by atoms with Gasteiger partial charge >= 0.3 is 0 Å². The molecule has 0 spiro atoms. The third-order valence-corrected chi connectivity index (χ3v) is 2.33. The van der Waals surface area contributed by atoms with Crippen molar-refractivity contribution in [2.75, 3.05) is 14.2 Å². The van der Waals surface area contributed by atoms with Gasteiger partial charge in [0.1, 0.15) is 5.69 Å². The van der Waals surface area contributed by atoms with Gasteiger partial charge in [-0.2, -0.15) is 0 Å². The SMILES string of the molecule is COC(OC)c1ncccc1CBr. The molecule has 3 nitrogen and oxygen atoms in total. The molecule has 1 heterocycles. The fourth-order valence-corrected chi connectivity index (χ4v) is 1.57. The number of pyridine rings is 1. The lowest BCUT2D eigenvalue weighted by molar-refractivity contribution is -0.109. The molecule has 13 heavy (non-hydrogen) atoms. The van der Waals surface area contributed by atoms with Crippen LogP contribution in [0.15, 0.2) is 18.3 Å². The summed E-state index contributed by atoms with van der Waals surface area (Å²) in [5, 5.41) is 0.749. The predicted molar refractivity (Wildman–Crippen MR) is 53.6 cm³/mol. The second-order valence-corrected chi connectivity index (χ2v) is 3.05. The molecule has 0 fully saturated rings. The monoisotopic (exact) mass is 245 g/mol. The summed E-state index contributed by atoms with van der Waals surface area (Å²) in [7, 11) is 3.20. The first-order valence-electron chi connectivity index (χ1n) is 3.88. The molecule has 0 unspecified atom stereocenters. The second-order valence-electron chi connectivity index (χ2n) is 2.48. The van der Waals surface area contributed by atoms with Crippen LogP contribution >= 0.6 is 15.9 Å². The fraction of sp³-hybridized carbons (Fsp3) is 0.444. The van der Waals surface area contributed by atoms with Crippen molar-refractivity contribution < 1.29 is 9.47 Å². The molecule has 0 amide bonds. The Labute approximate surface area is 86.2 Å². The van der Waals surface area contributed by atoms with Crippen LogP contribution in [0, 0.1) is 0 Å². The molecule has 1 rings (SSSR count). The van der Waals surface area contributed by atoms with E-state index in [0.717, 1.165) is 16.6 Å². The Morgan fingerprint density at radius 2 is 2.15 bits per heavy atom. The van der Waals surface area contributed by atoms with E-state index in [-0.39, 0.29) is 6.29 Å². The first-order valence-corrected chi connectivity index (χ1v) is 5.01. The lowest BCUT2D eigenvalue weighted by atomic mass is 10.2. The maximum atomic E-state index is 5.12. The van der Waals surface area contributed by atoms with Gasteiger partial charge in [-0.05, 0) is 11.6 Å². The molecule has 0 radical (unpaired) electrons. The van der Waals surface area contributed by atoms with Crippen molar-refractivity contribution in [3.8, 4) is 0 Å². The summed E-state index contributed by atoms with van der Waals surface area (Å²) in [5.74, 6) is 0. The molecular formula is C9H12BrNO2. The molecule has 0 saturated carbocycles. The predicted octanol–water partition coefficient (Wildman–Crippen LogP) is 2.27. The Kier molecular flexibility index (Phi) is 4.35. The summed E-state index contributed by atoms with van der Waals surface area (Å²) < 4.78 is 10.2. The Hall–Kier alpha value is -0.450. The standard InChI is InChI=1S/C9H12BrNO2/c1-12-9(13-2)8-7(6-10)4-3-5-11-8/h3-5,9H,6H2,1-2H3. The van der Waals surface area contributed by atoms with E-state index in [1.54, 1.807) is 20.4 Å². The van der Waals surface area contributed by atoms with Gasteiger partial charge < -0.3 is 9.47 Å². The average Bonchev–Trinajstić information content (AvgIpc) is 2.20. The van der Waals surface area contributed by atoms with E-state index in [9.17, 15) is 0 Å². The Morgan fingerprint density at radius 1 is 1.46 bits per heavy atom. The molecule has 0 aromatic carbocycles. The van der Waals surface area contributed by atoms with Gasteiger partial charge in [-0.3, -0.25) is 4.98 Å². The lowest BCUT2D eigenvalue weighted by Crippen LogP contribution is -2.08. The smallest absolute Gasteiger partial charge is 0.200 e. The molecule has 72 valence electrons. The second kappa shape index (κ2) is 5.32. The molecule has 0 aliphatic heterocycles. The number of halogens is 1. The molecular weight excluding hydrogens is 234 g/mol. The van der Waals surface area contributed by atoms with Crippen molar-refractivity contribution in [1.82, 2.24) is 4.98 Å². The van der Waals surface area contributed by atoms with Crippen molar-refractivity contribution in [2.24, 2.45) is 0 Å². The highest BCUT2D eigenvalue weighted by atomic mass is 79.9. The summed E-state index contributed by atoms with van der Waals surface area (Å²) in [6.45, 7) is 0. The van der Waals surface area contributed by atoms with Crippen LogP contribution in [0.4, 0.5) is 0 Å². The molecule has 0 aliphatic rings. The largest absolute Gasteiger partial charge is 0.350 e. The Bertz CT molecular complexity index is 264. The topological polar surface area (TPSA) is 31.4 Å². The zero-order valence-corrected chi connectivity index (χ0v) is 9.24. The first-order chi connectivity index (χ1) is 6.33. The maximum absolute atomic E-state index is 5.12. The minimum Gasteiger partial charge on any atom is -0.350 e. The highest BCUT2D eigenvalue weighted by Crippen LogP contribution is 2.20. The van der Waals surface area contributed by atoms with E-state index in [1.165, 1.54) is 0 Å². The Morgan fingerprint density at radius 3 is 2.69 bits per heavy atom. The van der Waals surface area contributed by atoms with E-state index < -0.39 is 0 Å². The van der Waals surface area contributed by atoms with Crippen LogP contribution in [0.25, 0.3) is 0 Å². The van der Waals surface area contributed by atoms with E-state index in [4.69, 9.17) is 9.47 Å². The summed E-state index contributed by atoms with van der Waals surface area (Å²) in [5.41, 5.74) is 1.90. The summed E-state index contributed by atoms with van der Waals surface area (Å²) >= 11 is 3.38.